The molecule has 6 heteroatoms. The van der Waals surface area contributed by atoms with E-state index in [4.69, 9.17) is 12.2 Å². The summed E-state index contributed by atoms with van der Waals surface area (Å²) in [4.78, 5) is 3.04. The van der Waals surface area contributed by atoms with Gasteiger partial charge in [-0.25, -0.2) is 4.39 Å². The number of halogens is 1. The molecule has 0 saturated heterocycles. The predicted octanol–water partition coefficient (Wildman–Crippen LogP) is 2.68. The molecule has 0 radical (unpaired) electrons. The highest BCUT2D eigenvalue weighted by Crippen LogP contribution is 2.16. The highest BCUT2D eigenvalue weighted by molar-refractivity contribution is 7.71. The van der Waals surface area contributed by atoms with Crippen molar-refractivity contribution < 1.29 is 4.39 Å². The van der Waals surface area contributed by atoms with E-state index in [1.54, 1.807) is 22.9 Å². The lowest BCUT2D eigenvalue weighted by atomic mass is 10.3. The summed E-state index contributed by atoms with van der Waals surface area (Å²) < 4.78 is 15.6. The molecule has 0 spiro atoms. The van der Waals surface area contributed by atoms with E-state index < -0.39 is 0 Å². The normalized spacial score (nSPS) is 10.9. The average Bonchev–Trinajstić information content (AvgIpc) is 2.67. The Morgan fingerprint density at radius 3 is 3.00 bits per heavy atom. The molecule has 3 rings (SSSR count). The Labute approximate surface area is 107 Å². The number of H-pyrrole nitrogens is 1. The summed E-state index contributed by atoms with van der Waals surface area (Å²) in [7, 11) is 0. The first-order chi connectivity index (χ1) is 8.74. The average molecular weight is 260 g/mol. The van der Waals surface area contributed by atoms with Crippen LogP contribution in [0.3, 0.4) is 0 Å². The van der Waals surface area contributed by atoms with E-state index in [0.29, 0.717) is 11.3 Å². The van der Waals surface area contributed by atoms with Crippen LogP contribution in [0.5, 0.6) is 0 Å². The predicted molar refractivity (Wildman–Crippen MR) is 68.2 cm³/mol. The molecule has 0 fully saturated rings. The summed E-state index contributed by atoms with van der Waals surface area (Å²) in [6, 6.07) is 8.19. The maximum absolute atomic E-state index is 13.3. The zero-order chi connectivity index (χ0) is 12.5. The first-order valence-corrected chi connectivity index (χ1v) is 5.79. The highest BCUT2D eigenvalue weighted by atomic mass is 32.1. The van der Waals surface area contributed by atoms with Crippen molar-refractivity contribution >= 4 is 23.3 Å². The van der Waals surface area contributed by atoms with E-state index in [1.165, 1.54) is 12.1 Å². The molecule has 0 aliphatic heterocycles. The lowest BCUT2D eigenvalue weighted by Crippen LogP contribution is -2.02. The molecular formula is C12H9FN4S. The lowest BCUT2D eigenvalue weighted by Gasteiger charge is -2.03. The van der Waals surface area contributed by atoms with E-state index in [1.807, 2.05) is 6.07 Å². The van der Waals surface area contributed by atoms with Gasteiger partial charge in [0.25, 0.3) is 0 Å². The molecule has 90 valence electrons. The molecule has 0 bridgehead atoms. The summed E-state index contributed by atoms with van der Waals surface area (Å²) in [6.07, 6.45) is 1.61. The number of nitrogens with one attached hydrogen (secondary N) is 1. The van der Waals surface area contributed by atoms with Gasteiger partial charge in [0.15, 0.2) is 4.77 Å². The fourth-order valence-corrected chi connectivity index (χ4v) is 2.14. The molecule has 1 N–H and O–H groups in total. The summed E-state index contributed by atoms with van der Waals surface area (Å²) >= 11 is 5.23. The molecule has 0 aliphatic carbocycles. The van der Waals surface area contributed by atoms with Crippen molar-refractivity contribution in [2.24, 2.45) is 0 Å². The first kappa shape index (κ1) is 11.0. The minimum atomic E-state index is -0.288. The highest BCUT2D eigenvalue weighted by Gasteiger charge is 2.06. The van der Waals surface area contributed by atoms with Crippen LogP contribution in [0.15, 0.2) is 36.5 Å². The third kappa shape index (κ3) is 1.91. The second-order valence-corrected chi connectivity index (χ2v) is 4.28. The fraction of sp³-hybridized carbons (Fsp3) is 0.0833. The van der Waals surface area contributed by atoms with Gasteiger partial charge in [0.1, 0.15) is 5.82 Å². The van der Waals surface area contributed by atoms with Gasteiger partial charge < -0.3 is 9.55 Å². The molecule has 1 aromatic carbocycles. The van der Waals surface area contributed by atoms with Crippen LogP contribution in [0.25, 0.3) is 11.0 Å². The minimum absolute atomic E-state index is 0.288. The third-order valence-corrected chi connectivity index (χ3v) is 3.01. The monoisotopic (exact) mass is 260 g/mol. The van der Waals surface area contributed by atoms with E-state index in [9.17, 15) is 4.39 Å². The van der Waals surface area contributed by atoms with Gasteiger partial charge in [-0.1, -0.05) is 0 Å². The number of hydrogen-bond acceptors (Lipinski definition) is 3. The van der Waals surface area contributed by atoms with Crippen molar-refractivity contribution in [2.75, 3.05) is 0 Å². The number of nitrogens with zero attached hydrogens (tertiary/aromatic N) is 3. The van der Waals surface area contributed by atoms with Crippen molar-refractivity contribution in [1.29, 1.82) is 0 Å². The Morgan fingerprint density at radius 2 is 2.22 bits per heavy atom. The van der Waals surface area contributed by atoms with E-state index in [-0.39, 0.29) is 5.82 Å². The summed E-state index contributed by atoms with van der Waals surface area (Å²) in [5.41, 5.74) is 2.31. The van der Waals surface area contributed by atoms with Crippen molar-refractivity contribution in [3.63, 3.8) is 0 Å². The summed E-state index contributed by atoms with van der Waals surface area (Å²) in [6.45, 7) is 0.468. The molecule has 0 aliphatic rings. The maximum atomic E-state index is 13.3. The van der Waals surface area contributed by atoms with Crippen molar-refractivity contribution in [1.82, 2.24) is 19.7 Å². The SMILES string of the molecule is Fc1ccc2[nH]c(=S)n(Cc3cccnn3)c2c1. The molecule has 0 saturated carbocycles. The Morgan fingerprint density at radius 1 is 1.33 bits per heavy atom. The van der Waals surface area contributed by atoms with Crippen LogP contribution in [-0.4, -0.2) is 19.7 Å². The smallest absolute Gasteiger partial charge is 0.178 e. The molecular weight excluding hydrogens is 251 g/mol. The van der Waals surface area contributed by atoms with Gasteiger partial charge in [-0.05, 0) is 42.5 Å². The number of hydrogen-bond donors (Lipinski definition) is 1. The maximum Gasteiger partial charge on any atom is 0.178 e. The van der Waals surface area contributed by atoms with E-state index in [2.05, 4.69) is 15.2 Å². The fourth-order valence-electron chi connectivity index (χ4n) is 1.86. The Balaban J connectivity index is 2.14. The van der Waals surface area contributed by atoms with Gasteiger partial charge in [0.2, 0.25) is 0 Å². The van der Waals surface area contributed by atoms with Crippen LogP contribution < -0.4 is 0 Å². The summed E-state index contributed by atoms with van der Waals surface area (Å²) in [5, 5.41) is 7.81. The first-order valence-electron chi connectivity index (χ1n) is 5.39. The lowest BCUT2D eigenvalue weighted by molar-refractivity contribution is 0.628. The molecule has 2 heterocycles. The molecule has 0 atom stereocenters. The van der Waals surface area contributed by atoms with Gasteiger partial charge >= 0.3 is 0 Å². The van der Waals surface area contributed by atoms with Gasteiger partial charge in [-0.15, -0.1) is 0 Å². The number of aromatic nitrogens is 4. The van der Waals surface area contributed by atoms with Crippen LogP contribution in [0.2, 0.25) is 0 Å². The molecule has 2 aromatic heterocycles. The van der Waals surface area contributed by atoms with Gasteiger partial charge in [0, 0.05) is 6.20 Å². The van der Waals surface area contributed by atoms with Crippen molar-refractivity contribution in [3.05, 3.63) is 52.8 Å². The van der Waals surface area contributed by atoms with Crippen LogP contribution in [0.4, 0.5) is 4.39 Å². The van der Waals surface area contributed by atoms with Crippen molar-refractivity contribution in [3.8, 4) is 0 Å². The number of fused-ring (bicyclic) bond motifs is 1. The van der Waals surface area contributed by atoms with E-state index >= 15 is 0 Å². The van der Waals surface area contributed by atoms with Crippen LogP contribution in [0, 0.1) is 10.6 Å². The largest absolute Gasteiger partial charge is 0.331 e. The zero-order valence-corrected chi connectivity index (χ0v) is 10.1. The molecule has 0 amide bonds. The van der Waals surface area contributed by atoms with E-state index in [0.717, 1.165) is 16.7 Å². The zero-order valence-electron chi connectivity index (χ0n) is 9.30. The van der Waals surface area contributed by atoms with Crippen LogP contribution >= 0.6 is 12.2 Å². The third-order valence-electron chi connectivity index (χ3n) is 2.68. The Bertz CT molecular complexity index is 748. The molecule has 3 aromatic rings. The Hall–Kier alpha value is -2.08. The molecule has 18 heavy (non-hydrogen) atoms. The molecule has 4 nitrogen and oxygen atoms in total. The second-order valence-electron chi connectivity index (χ2n) is 3.89. The van der Waals surface area contributed by atoms with Gasteiger partial charge in [-0.3, -0.25) is 0 Å². The standard InChI is InChI=1S/C12H9FN4S/c13-8-3-4-10-11(6-8)17(12(18)15-10)7-9-2-1-5-14-16-9/h1-6H,7H2,(H,15,18). The van der Waals surface area contributed by atoms with Gasteiger partial charge in [0.05, 0.1) is 23.3 Å². The number of rotatable bonds is 2. The number of benzene rings is 1. The van der Waals surface area contributed by atoms with Gasteiger partial charge in [-0.2, -0.15) is 10.2 Å². The number of imidazole rings is 1. The molecule has 0 unspecified atom stereocenters. The second kappa shape index (κ2) is 4.30. The van der Waals surface area contributed by atoms with Crippen LogP contribution in [0.1, 0.15) is 5.69 Å². The summed E-state index contributed by atoms with van der Waals surface area (Å²) in [5.74, 6) is -0.288. The Kier molecular flexibility index (Phi) is 2.64. The topological polar surface area (TPSA) is 46.5 Å². The number of aromatic amines is 1. The van der Waals surface area contributed by atoms with Crippen molar-refractivity contribution in [2.45, 2.75) is 6.54 Å². The minimum Gasteiger partial charge on any atom is -0.331 e. The quantitative estimate of drug-likeness (QED) is 0.721. The van der Waals surface area contributed by atoms with Crippen LogP contribution in [-0.2, 0) is 6.54 Å².